The van der Waals surface area contributed by atoms with Crippen LogP contribution in [0.3, 0.4) is 0 Å². The molecular formula is C16H24ClN3O2. The fraction of sp³-hybridized carbons (Fsp3) is 0.625. The third-order valence-corrected chi connectivity index (χ3v) is 3.87. The van der Waals surface area contributed by atoms with Crippen LogP contribution in [-0.2, 0) is 4.74 Å². The standard InChI is InChI=1S/C16H24ClN3O2/c1-12-10-20(11-13(2)22-12)8-4-3-7-18-16(21)15-6-5-14(17)9-19-15/h5-6,9,12-13H,3-4,7-8,10-11H2,1-2H3,(H,18,21)/t12-,13+. The number of nitrogens with one attached hydrogen (secondary N) is 1. The minimum absolute atomic E-state index is 0.148. The summed E-state index contributed by atoms with van der Waals surface area (Å²) in [4.78, 5) is 18.3. The van der Waals surface area contributed by atoms with E-state index < -0.39 is 0 Å². The molecule has 1 fully saturated rings. The van der Waals surface area contributed by atoms with Gasteiger partial charge in [-0.15, -0.1) is 0 Å². The second-order valence-electron chi connectivity index (χ2n) is 5.84. The molecule has 0 bridgehead atoms. The van der Waals surface area contributed by atoms with Crippen molar-refractivity contribution in [3.05, 3.63) is 29.0 Å². The Hall–Kier alpha value is -1.17. The second-order valence-corrected chi connectivity index (χ2v) is 6.28. The topological polar surface area (TPSA) is 54.5 Å². The number of carbonyl (C=O) groups excluding carboxylic acids is 1. The van der Waals surface area contributed by atoms with Crippen LogP contribution in [0, 0.1) is 0 Å². The minimum Gasteiger partial charge on any atom is -0.373 e. The normalized spacial score (nSPS) is 22.5. The van der Waals surface area contributed by atoms with Gasteiger partial charge < -0.3 is 10.1 Å². The van der Waals surface area contributed by atoms with E-state index in [1.165, 1.54) is 6.20 Å². The van der Waals surface area contributed by atoms with Crippen molar-refractivity contribution in [2.75, 3.05) is 26.2 Å². The number of halogens is 1. The quantitative estimate of drug-likeness (QED) is 0.816. The molecule has 1 amide bonds. The number of morpholine rings is 1. The Bertz CT molecular complexity index is 471. The monoisotopic (exact) mass is 325 g/mol. The van der Waals surface area contributed by atoms with Crippen LogP contribution in [0.15, 0.2) is 18.3 Å². The lowest BCUT2D eigenvalue weighted by molar-refractivity contribution is -0.0681. The molecule has 1 aliphatic heterocycles. The molecule has 1 aromatic heterocycles. The summed E-state index contributed by atoms with van der Waals surface area (Å²) in [6.45, 7) is 7.92. The number of rotatable bonds is 6. The highest BCUT2D eigenvalue weighted by Gasteiger charge is 2.21. The van der Waals surface area contributed by atoms with Crippen LogP contribution in [0.5, 0.6) is 0 Å². The Labute approximate surface area is 137 Å². The summed E-state index contributed by atoms with van der Waals surface area (Å²) in [7, 11) is 0. The summed E-state index contributed by atoms with van der Waals surface area (Å²) in [5.41, 5.74) is 0.403. The van der Waals surface area contributed by atoms with Crippen LogP contribution in [-0.4, -0.2) is 54.2 Å². The lowest BCUT2D eigenvalue weighted by Gasteiger charge is -2.35. The van der Waals surface area contributed by atoms with Crippen molar-refractivity contribution in [2.24, 2.45) is 0 Å². The van der Waals surface area contributed by atoms with Crippen molar-refractivity contribution < 1.29 is 9.53 Å². The van der Waals surface area contributed by atoms with E-state index in [4.69, 9.17) is 16.3 Å². The summed E-state index contributed by atoms with van der Waals surface area (Å²) >= 11 is 5.75. The zero-order valence-corrected chi connectivity index (χ0v) is 14.0. The van der Waals surface area contributed by atoms with Gasteiger partial charge in [0.2, 0.25) is 0 Å². The van der Waals surface area contributed by atoms with Gasteiger partial charge in [0.1, 0.15) is 5.69 Å². The van der Waals surface area contributed by atoms with E-state index in [2.05, 4.69) is 29.0 Å². The van der Waals surface area contributed by atoms with Gasteiger partial charge in [0.05, 0.1) is 17.2 Å². The third kappa shape index (κ3) is 5.55. The number of carbonyl (C=O) groups is 1. The number of hydrogen-bond acceptors (Lipinski definition) is 4. The van der Waals surface area contributed by atoms with Crippen molar-refractivity contribution >= 4 is 17.5 Å². The molecule has 1 aromatic rings. The van der Waals surface area contributed by atoms with Gasteiger partial charge in [0.15, 0.2) is 0 Å². The van der Waals surface area contributed by atoms with Crippen LogP contribution < -0.4 is 5.32 Å². The van der Waals surface area contributed by atoms with Gasteiger partial charge in [0, 0.05) is 25.8 Å². The van der Waals surface area contributed by atoms with Gasteiger partial charge in [0.25, 0.3) is 5.91 Å². The van der Waals surface area contributed by atoms with E-state index >= 15 is 0 Å². The number of hydrogen-bond donors (Lipinski definition) is 1. The minimum atomic E-state index is -0.148. The van der Waals surface area contributed by atoms with Gasteiger partial charge in [-0.3, -0.25) is 9.69 Å². The highest BCUT2D eigenvalue weighted by atomic mass is 35.5. The number of amides is 1. The van der Waals surface area contributed by atoms with E-state index in [9.17, 15) is 4.79 Å². The fourth-order valence-corrected chi connectivity index (χ4v) is 2.84. The van der Waals surface area contributed by atoms with E-state index in [0.717, 1.165) is 32.5 Å². The predicted octanol–water partition coefficient (Wildman–Crippen LogP) is 2.35. The maximum Gasteiger partial charge on any atom is 0.269 e. The van der Waals surface area contributed by atoms with Crippen molar-refractivity contribution in [2.45, 2.75) is 38.9 Å². The molecule has 0 unspecified atom stereocenters. The lowest BCUT2D eigenvalue weighted by Crippen LogP contribution is -2.45. The van der Waals surface area contributed by atoms with E-state index in [1.54, 1.807) is 12.1 Å². The Balaban J connectivity index is 1.61. The summed E-state index contributed by atoms with van der Waals surface area (Å²) in [6, 6.07) is 3.30. The number of nitrogens with zero attached hydrogens (tertiary/aromatic N) is 2. The zero-order chi connectivity index (χ0) is 15.9. The molecule has 1 aliphatic rings. The smallest absolute Gasteiger partial charge is 0.269 e. The SMILES string of the molecule is C[C@@H]1CN(CCCCNC(=O)c2ccc(Cl)cn2)C[C@H](C)O1. The highest BCUT2D eigenvalue weighted by Crippen LogP contribution is 2.11. The van der Waals surface area contributed by atoms with Gasteiger partial charge in [-0.25, -0.2) is 4.98 Å². The molecule has 0 aliphatic carbocycles. The molecule has 2 atom stereocenters. The first-order chi connectivity index (χ1) is 10.5. The highest BCUT2D eigenvalue weighted by molar-refractivity contribution is 6.30. The number of aromatic nitrogens is 1. The van der Waals surface area contributed by atoms with Crippen LogP contribution >= 0.6 is 11.6 Å². The Morgan fingerprint density at radius 1 is 1.36 bits per heavy atom. The molecule has 0 spiro atoms. The van der Waals surface area contributed by atoms with E-state index in [1.807, 2.05) is 0 Å². The van der Waals surface area contributed by atoms with Crippen molar-refractivity contribution in [1.29, 1.82) is 0 Å². The van der Waals surface area contributed by atoms with Crippen molar-refractivity contribution in [1.82, 2.24) is 15.2 Å². The van der Waals surface area contributed by atoms with E-state index in [0.29, 0.717) is 29.5 Å². The second kappa shape index (κ2) is 8.46. The summed E-state index contributed by atoms with van der Waals surface area (Å²) in [5.74, 6) is -0.148. The largest absolute Gasteiger partial charge is 0.373 e. The van der Waals surface area contributed by atoms with E-state index in [-0.39, 0.29) is 5.91 Å². The molecule has 0 radical (unpaired) electrons. The molecule has 0 saturated carbocycles. The first-order valence-corrected chi connectivity index (χ1v) is 8.20. The Kier molecular flexibility index (Phi) is 6.61. The molecule has 2 rings (SSSR count). The molecule has 5 nitrogen and oxygen atoms in total. The number of ether oxygens (including phenoxy) is 1. The summed E-state index contributed by atoms with van der Waals surface area (Å²) in [6.07, 6.45) is 4.11. The molecular weight excluding hydrogens is 302 g/mol. The van der Waals surface area contributed by atoms with Gasteiger partial charge >= 0.3 is 0 Å². The Morgan fingerprint density at radius 3 is 2.73 bits per heavy atom. The average Bonchev–Trinajstić information content (AvgIpc) is 2.46. The maximum absolute atomic E-state index is 11.9. The zero-order valence-electron chi connectivity index (χ0n) is 13.2. The van der Waals surface area contributed by atoms with Gasteiger partial charge in [-0.1, -0.05) is 11.6 Å². The lowest BCUT2D eigenvalue weighted by atomic mass is 10.2. The molecule has 6 heteroatoms. The molecule has 1 N–H and O–H groups in total. The van der Waals surface area contributed by atoms with Crippen molar-refractivity contribution in [3.63, 3.8) is 0 Å². The molecule has 0 aromatic carbocycles. The van der Waals surface area contributed by atoms with Crippen LogP contribution in [0.4, 0.5) is 0 Å². The van der Waals surface area contributed by atoms with Gasteiger partial charge in [-0.05, 0) is 45.4 Å². The number of pyridine rings is 1. The van der Waals surface area contributed by atoms with Crippen molar-refractivity contribution in [3.8, 4) is 0 Å². The first-order valence-electron chi connectivity index (χ1n) is 7.82. The molecule has 122 valence electrons. The fourth-order valence-electron chi connectivity index (χ4n) is 2.73. The molecule has 22 heavy (non-hydrogen) atoms. The van der Waals surface area contributed by atoms with Crippen LogP contribution in [0.25, 0.3) is 0 Å². The predicted molar refractivity (Wildman–Crippen MR) is 87.3 cm³/mol. The maximum atomic E-state index is 11.9. The van der Waals surface area contributed by atoms with Crippen LogP contribution in [0.2, 0.25) is 5.02 Å². The van der Waals surface area contributed by atoms with Gasteiger partial charge in [-0.2, -0.15) is 0 Å². The summed E-state index contributed by atoms with van der Waals surface area (Å²) in [5, 5.41) is 3.42. The molecule has 2 heterocycles. The number of unbranched alkanes of at least 4 members (excludes halogenated alkanes) is 1. The van der Waals surface area contributed by atoms with Crippen LogP contribution in [0.1, 0.15) is 37.2 Å². The summed E-state index contributed by atoms with van der Waals surface area (Å²) < 4.78 is 5.72. The Morgan fingerprint density at radius 2 is 2.09 bits per heavy atom. The third-order valence-electron chi connectivity index (χ3n) is 3.64. The average molecular weight is 326 g/mol. The first kappa shape index (κ1) is 17.2. The molecule has 1 saturated heterocycles.